The Morgan fingerprint density at radius 3 is 2.04 bits per heavy atom. The number of fused-ring (bicyclic) bond motifs is 7. The van der Waals surface area contributed by atoms with Crippen molar-refractivity contribution in [3.05, 3.63) is 164 Å². The van der Waals surface area contributed by atoms with E-state index in [1.54, 1.807) is 0 Å². The summed E-state index contributed by atoms with van der Waals surface area (Å²) >= 11 is 1.88. The SMILES string of the molecule is c1cc(-c2ccc(-n3c4ccccc4c4c5ccccc5ccc43)cc2)cc(-c2ccc3c4c(cccc24)-c2ccccc2S3)c1. The summed E-state index contributed by atoms with van der Waals surface area (Å²) in [6, 6.07) is 60.2. The molecule has 0 atom stereocenters. The van der Waals surface area contributed by atoms with Crippen molar-refractivity contribution >= 4 is 55.1 Å². The molecular formula is C44H27NS. The van der Waals surface area contributed by atoms with Gasteiger partial charge >= 0.3 is 0 Å². The van der Waals surface area contributed by atoms with Crippen molar-refractivity contribution in [2.45, 2.75) is 9.79 Å². The Hall–Kier alpha value is -5.57. The van der Waals surface area contributed by atoms with Crippen molar-refractivity contribution in [3.8, 4) is 39.1 Å². The van der Waals surface area contributed by atoms with Crippen molar-refractivity contribution in [3.63, 3.8) is 0 Å². The molecule has 0 fully saturated rings. The van der Waals surface area contributed by atoms with Gasteiger partial charge in [0, 0.05) is 31.6 Å². The van der Waals surface area contributed by atoms with E-state index in [-0.39, 0.29) is 0 Å². The highest BCUT2D eigenvalue weighted by atomic mass is 32.2. The van der Waals surface area contributed by atoms with E-state index in [1.165, 1.54) is 92.2 Å². The summed E-state index contributed by atoms with van der Waals surface area (Å²) in [4.78, 5) is 2.66. The zero-order chi connectivity index (χ0) is 30.2. The Morgan fingerprint density at radius 2 is 1.11 bits per heavy atom. The third-order valence-corrected chi connectivity index (χ3v) is 10.7. The van der Waals surface area contributed by atoms with E-state index in [1.807, 2.05) is 11.8 Å². The van der Waals surface area contributed by atoms with E-state index in [0.29, 0.717) is 0 Å². The number of hydrogen-bond donors (Lipinski definition) is 0. The smallest absolute Gasteiger partial charge is 0.0547 e. The van der Waals surface area contributed by atoms with Crippen LogP contribution in [0.4, 0.5) is 0 Å². The minimum absolute atomic E-state index is 1.17. The summed E-state index contributed by atoms with van der Waals surface area (Å²) in [6.45, 7) is 0. The summed E-state index contributed by atoms with van der Waals surface area (Å²) < 4.78 is 2.41. The molecule has 1 aliphatic heterocycles. The molecule has 0 N–H and O–H groups in total. The molecule has 10 rings (SSSR count). The van der Waals surface area contributed by atoms with Gasteiger partial charge in [0.15, 0.2) is 0 Å². The van der Waals surface area contributed by atoms with Crippen molar-refractivity contribution in [2.24, 2.45) is 0 Å². The van der Waals surface area contributed by atoms with Crippen molar-refractivity contribution in [1.82, 2.24) is 4.57 Å². The van der Waals surface area contributed by atoms with E-state index in [4.69, 9.17) is 0 Å². The number of hydrogen-bond acceptors (Lipinski definition) is 1. The second-order valence-electron chi connectivity index (χ2n) is 12.1. The first-order valence-corrected chi connectivity index (χ1v) is 16.6. The van der Waals surface area contributed by atoms with E-state index in [2.05, 4.69) is 168 Å². The van der Waals surface area contributed by atoms with Gasteiger partial charge in [-0.25, -0.2) is 0 Å². The second-order valence-corrected chi connectivity index (χ2v) is 13.2. The maximum absolute atomic E-state index is 2.41. The lowest BCUT2D eigenvalue weighted by molar-refractivity contribution is 1.18. The third kappa shape index (κ3) is 3.77. The summed E-state index contributed by atoms with van der Waals surface area (Å²) in [5.41, 5.74) is 11.2. The number of benzene rings is 8. The third-order valence-electron chi connectivity index (χ3n) is 9.59. The van der Waals surface area contributed by atoms with Crippen molar-refractivity contribution in [1.29, 1.82) is 0 Å². The Bertz CT molecular complexity index is 2660. The molecule has 0 bridgehead atoms. The fourth-order valence-electron chi connectivity index (χ4n) is 7.52. The predicted octanol–water partition coefficient (Wildman–Crippen LogP) is 12.6. The minimum Gasteiger partial charge on any atom is -0.309 e. The largest absolute Gasteiger partial charge is 0.309 e. The van der Waals surface area contributed by atoms with E-state index >= 15 is 0 Å². The molecule has 46 heavy (non-hydrogen) atoms. The number of para-hydroxylation sites is 1. The molecule has 2 heteroatoms. The van der Waals surface area contributed by atoms with Crippen LogP contribution in [-0.4, -0.2) is 4.57 Å². The maximum atomic E-state index is 2.41. The van der Waals surface area contributed by atoms with Crippen LogP contribution in [0.5, 0.6) is 0 Å². The lowest BCUT2D eigenvalue weighted by atomic mass is 9.91. The van der Waals surface area contributed by atoms with Crippen LogP contribution < -0.4 is 0 Å². The van der Waals surface area contributed by atoms with Gasteiger partial charge in [-0.3, -0.25) is 0 Å². The monoisotopic (exact) mass is 601 g/mol. The van der Waals surface area contributed by atoms with Crippen LogP contribution in [0.3, 0.4) is 0 Å². The fourth-order valence-corrected chi connectivity index (χ4v) is 8.65. The molecule has 2 heterocycles. The molecule has 1 aromatic heterocycles. The molecule has 8 aromatic carbocycles. The lowest BCUT2D eigenvalue weighted by Gasteiger charge is -2.21. The minimum atomic E-state index is 1.17. The molecule has 9 aromatic rings. The molecule has 1 aliphatic rings. The molecule has 0 unspecified atom stereocenters. The van der Waals surface area contributed by atoms with Gasteiger partial charge in [0.2, 0.25) is 0 Å². The van der Waals surface area contributed by atoms with E-state index in [9.17, 15) is 0 Å². The quantitative estimate of drug-likeness (QED) is 0.195. The highest BCUT2D eigenvalue weighted by Crippen LogP contribution is 2.49. The van der Waals surface area contributed by atoms with Crippen LogP contribution in [0.25, 0.3) is 82.4 Å². The highest BCUT2D eigenvalue weighted by Gasteiger charge is 2.20. The molecule has 0 spiro atoms. The van der Waals surface area contributed by atoms with Crippen LogP contribution in [-0.2, 0) is 0 Å². The van der Waals surface area contributed by atoms with Crippen molar-refractivity contribution < 1.29 is 0 Å². The van der Waals surface area contributed by atoms with Crippen LogP contribution in [0.15, 0.2) is 174 Å². The first-order valence-electron chi connectivity index (χ1n) is 15.8. The lowest BCUT2D eigenvalue weighted by Crippen LogP contribution is -1.94. The van der Waals surface area contributed by atoms with Gasteiger partial charge in [0.25, 0.3) is 0 Å². The fraction of sp³-hybridized carbons (Fsp3) is 0. The molecule has 0 radical (unpaired) electrons. The Balaban J connectivity index is 1.08. The van der Waals surface area contributed by atoms with Gasteiger partial charge in [-0.1, -0.05) is 133 Å². The van der Waals surface area contributed by atoms with Gasteiger partial charge in [0.05, 0.1) is 11.0 Å². The second kappa shape index (κ2) is 9.97. The van der Waals surface area contributed by atoms with Crippen LogP contribution in [0.1, 0.15) is 0 Å². The van der Waals surface area contributed by atoms with Crippen molar-refractivity contribution in [2.75, 3.05) is 0 Å². The van der Waals surface area contributed by atoms with E-state index < -0.39 is 0 Å². The number of aromatic nitrogens is 1. The summed E-state index contributed by atoms with van der Waals surface area (Å²) in [5, 5.41) is 7.83. The summed E-state index contributed by atoms with van der Waals surface area (Å²) in [7, 11) is 0. The Labute approximate surface area is 271 Å². The van der Waals surface area contributed by atoms with Crippen LogP contribution >= 0.6 is 11.8 Å². The van der Waals surface area contributed by atoms with Gasteiger partial charge in [-0.2, -0.15) is 0 Å². The Morgan fingerprint density at radius 1 is 0.370 bits per heavy atom. The number of nitrogens with zero attached hydrogens (tertiary/aromatic N) is 1. The van der Waals surface area contributed by atoms with E-state index in [0.717, 1.165) is 0 Å². The zero-order valence-corrected chi connectivity index (χ0v) is 25.8. The molecule has 0 amide bonds. The first-order chi connectivity index (χ1) is 22.8. The standard InChI is InChI=1S/C44H27NS/c1-2-12-34-29(9-1)21-25-40-43(34)38-14-3-5-17-39(38)45(40)32-22-19-28(20-23-32)30-10-7-11-31(27-30)33-24-26-42-44-36(33)15-8-16-37(44)35-13-4-6-18-41(35)46-42/h1-27H. The molecule has 0 saturated heterocycles. The summed E-state index contributed by atoms with van der Waals surface area (Å²) in [5.74, 6) is 0. The van der Waals surface area contributed by atoms with Gasteiger partial charge in [-0.15, -0.1) is 0 Å². The predicted molar refractivity (Wildman–Crippen MR) is 196 cm³/mol. The average Bonchev–Trinajstić information content (AvgIpc) is 3.47. The first kappa shape index (κ1) is 25.7. The highest BCUT2D eigenvalue weighted by molar-refractivity contribution is 7.99. The Kier molecular flexibility index (Phi) is 5.58. The van der Waals surface area contributed by atoms with Gasteiger partial charge in [0.1, 0.15) is 0 Å². The average molecular weight is 602 g/mol. The topological polar surface area (TPSA) is 4.93 Å². The molecule has 1 nitrogen and oxygen atoms in total. The normalized spacial score (nSPS) is 12.3. The molecule has 0 aliphatic carbocycles. The van der Waals surface area contributed by atoms with Crippen LogP contribution in [0, 0.1) is 0 Å². The summed E-state index contributed by atoms with van der Waals surface area (Å²) in [6.07, 6.45) is 0. The molecule has 0 saturated carbocycles. The number of rotatable bonds is 3. The molecule has 214 valence electrons. The van der Waals surface area contributed by atoms with Gasteiger partial charge < -0.3 is 4.57 Å². The molecular weight excluding hydrogens is 575 g/mol. The zero-order valence-electron chi connectivity index (χ0n) is 24.9. The maximum Gasteiger partial charge on any atom is 0.0547 e. The van der Waals surface area contributed by atoms with Gasteiger partial charge in [-0.05, 0) is 92.0 Å². The van der Waals surface area contributed by atoms with Crippen LogP contribution in [0.2, 0.25) is 0 Å².